The topological polar surface area (TPSA) is 96.9 Å². The molecule has 0 saturated heterocycles. The number of carbonyl (C=O) groups is 2. The van der Waals surface area contributed by atoms with Gasteiger partial charge in [-0.2, -0.15) is 0 Å². The van der Waals surface area contributed by atoms with Crippen LogP contribution in [0.1, 0.15) is 10.4 Å². The Morgan fingerprint density at radius 3 is 2.08 bits per heavy atom. The lowest BCUT2D eigenvalue weighted by Gasteiger charge is -2.14. The van der Waals surface area contributed by atoms with Crippen molar-refractivity contribution in [1.29, 1.82) is 0 Å². The summed E-state index contributed by atoms with van der Waals surface area (Å²) >= 11 is 1.25. The molecule has 4 rings (SSSR count). The van der Waals surface area contributed by atoms with E-state index in [0.717, 1.165) is 22.5 Å². The molecular weight excluding hydrogens is 510 g/mol. The van der Waals surface area contributed by atoms with Crippen molar-refractivity contribution in [2.24, 2.45) is 0 Å². The Bertz CT molecular complexity index is 1490. The number of nitrogens with zero attached hydrogens (tertiary/aromatic N) is 2. The molecule has 8 nitrogen and oxygen atoms in total. The monoisotopic (exact) mass is 541 g/mol. The minimum Gasteiger partial charge on any atom is -0.507 e. The highest BCUT2D eigenvalue weighted by Crippen LogP contribution is 2.34. The standard InChI is InChI=1S/C30H31N5O3S/c1-34(2)26-13-7-11-24(19-26)32-30(38)31-23-10-6-12-25(18-23)33-39-28-17-21(14-15-27(28)36)20-8-5-9-22(16-20)29(37)35(3)4/h5-19,33,36H,1-4H3,(H2,31,32,38). The Balaban J connectivity index is 1.42. The molecular formula is C30H31N5O3S. The smallest absolute Gasteiger partial charge is 0.323 e. The van der Waals surface area contributed by atoms with Gasteiger partial charge in [-0.05, 0) is 83.7 Å². The number of carbonyl (C=O) groups excluding carboxylic acids is 2. The highest BCUT2D eigenvalue weighted by Gasteiger charge is 2.11. The lowest BCUT2D eigenvalue weighted by molar-refractivity contribution is 0.0827. The minimum absolute atomic E-state index is 0.0730. The van der Waals surface area contributed by atoms with Crippen LogP contribution in [0.15, 0.2) is 95.9 Å². The van der Waals surface area contributed by atoms with Crippen LogP contribution in [0.3, 0.4) is 0 Å². The van der Waals surface area contributed by atoms with Gasteiger partial charge in [-0.25, -0.2) is 4.79 Å². The molecule has 9 heteroatoms. The van der Waals surface area contributed by atoms with Crippen LogP contribution in [0.2, 0.25) is 0 Å². The van der Waals surface area contributed by atoms with Crippen LogP contribution < -0.4 is 20.3 Å². The summed E-state index contributed by atoms with van der Waals surface area (Å²) in [5.74, 6) is 0.0570. The highest BCUT2D eigenvalue weighted by atomic mass is 32.2. The molecule has 0 bridgehead atoms. The molecule has 0 unspecified atom stereocenters. The zero-order valence-corrected chi connectivity index (χ0v) is 23.0. The molecule has 0 aliphatic rings. The van der Waals surface area contributed by atoms with Crippen LogP contribution in [0.25, 0.3) is 11.1 Å². The van der Waals surface area contributed by atoms with Crippen LogP contribution >= 0.6 is 11.9 Å². The van der Waals surface area contributed by atoms with Crippen molar-refractivity contribution in [3.8, 4) is 16.9 Å². The van der Waals surface area contributed by atoms with Crippen molar-refractivity contribution in [1.82, 2.24) is 4.90 Å². The molecule has 4 aromatic rings. The number of hydrogen-bond donors (Lipinski definition) is 4. The first-order valence-corrected chi connectivity index (χ1v) is 13.0. The molecule has 0 saturated carbocycles. The number of aromatic hydroxyl groups is 1. The Morgan fingerprint density at radius 1 is 0.718 bits per heavy atom. The summed E-state index contributed by atoms with van der Waals surface area (Å²) in [6, 6.07) is 27.2. The second-order valence-electron chi connectivity index (χ2n) is 9.27. The van der Waals surface area contributed by atoms with E-state index in [0.29, 0.717) is 21.8 Å². The maximum Gasteiger partial charge on any atom is 0.323 e. The third kappa shape index (κ3) is 7.24. The Labute approximate surface area is 232 Å². The maximum atomic E-state index is 12.6. The number of phenolic OH excluding ortho intramolecular Hbond substituents is 1. The SMILES string of the molecule is CN(C)C(=O)c1cccc(-c2ccc(O)c(SNc3cccc(NC(=O)Nc4cccc(N(C)C)c4)c3)c2)c1. The molecule has 4 aromatic carbocycles. The molecule has 0 aromatic heterocycles. The summed E-state index contributed by atoms with van der Waals surface area (Å²) < 4.78 is 3.23. The summed E-state index contributed by atoms with van der Waals surface area (Å²) in [5.41, 5.74) is 5.37. The van der Waals surface area contributed by atoms with Gasteiger partial charge in [0.25, 0.3) is 5.91 Å². The van der Waals surface area contributed by atoms with Crippen molar-refractivity contribution in [2.75, 3.05) is 48.4 Å². The van der Waals surface area contributed by atoms with Crippen molar-refractivity contribution in [3.63, 3.8) is 0 Å². The summed E-state index contributed by atoms with van der Waals surface area (Å²) in [7, 11) is 7.32. The first-order valence-electron chi connectivity index (χ1n) is 12.2. The van der Waals surface area contributed by atoms with Crippen LogP contribution in [0.5, 0.6) is 5.75 Å². The van der Waals surface area contributed by atoms with Crippen molar-refractivity contribution >= 4 is 46.6 Å². The van der Waals surface area contributed by atoms with Gasteiger partial charge in [-0.15, -0.1) is 0 Å². The number of nitrogens with one attached hydrogen (secondary N) is 3. The molecule has 200 valence electrons. The van der Waals surface area contributed by atoms with E-state index < -0.39 is 0 Å². The summed E-state index contributed by atoms with van der Waals surface area (Å²) in [4.78, 5) is 29.0. The van der Waals surface area contributed by atoms with Crippen molar-refractivity contribution in [3.05, 3.63) is 96.6 Å². The van der Waals surface area contributed by atoms with E-state index in [1.54, 1.807) is 38.4 Å². The van der Waals surface area contributed by atoms with E-state index in [4.69, 9.17) is 0 Å². The average Bonchev–Trinajstić information content (AvgIpc) is 2.92. The Kier molecular flexibility index (Phi) is 8.63. The number of amides is 3. The largest absolute Gasteiger partial charge is 0.507 e. The summed E-state index contributed by atoms with van der Waals surface area (Å²) in [6.07, 6.45) is 0. The van der Waals surface area contributed by atoms with E-state index >= 15 is 0 Å². The molecule has 0 radical (unpaired) electrons. The minimum atomic E-state index is -0.351. The molecule has 39 heavy (non-hydrogen) atoms. The highest BCUT2D eigenvalue weighted by molar-refractivity contribution is 8.00. The molecule has 4 N–H and O–H groups in total. The van der Waals surface area contributed by atoms with E-state index in [9.17, 15) is 14.7 Å². The van der Waals surface area contributed by atoms with E-state index in [1.807, 2.05) is 85.7 Å². The third-order valence-corrected chi connectivity index (χ3v) is 6.71. The second kappa shape index (κ2) is 12.3. The molecule has 0 heterocycles. The van der Waals surface area contributed by atoms with Gasteiger partial charge < -0.3 is 30.3 Å². The van der Waals surface area contributed by atoms with Gasteiger partial charge in [0.05, 0.1) is 4.90 Å². The molecule has 0 spiro atoms. The van der Waals surface area contributed by atoms with Gasteiger partial charge in [0, 0.05) is 56.5 Å². The molecule has 3 amide bonds. The fourth-order valence-corrected chi connectivity index (χ4v) is 4.51. The fraction of sp³-hybridized carbons (Fsp3) is 0.133. The predicted octanol–water partition coefficient (Wildman–Crippen LogP) is 6.59. The Morgan fingerprint density at radius 2 is 1.36 bits per heavy atom. The molecule has 0 aliphatic carbocycles. The van der Waals surface area contributed by atoms with E-state index in [1.165, 1.54) is 16.8 Å². The van der Waals surface area contributed by atoms with Gasteiger partial charge in [0.2, 0.25) is 0 Å². The number of hydrogen-bond acceptors (Lipinski definition) is 6. The van der Waals surface area contributed by atoms with Gasteiger partial charge in [-0.3, -0.25) is 4.79 Å². The average molecular weight is 542 g/mol. The quantitative estimate of drug-likeness (QED) is 0.188. The van der Waals surface area contributed by atoms with E-state index in [2.05, 4.69) is 15.4 Å². The number of phenols is 1. The van der Waals surface area contributed by atoms with Crippen LogP contribution in [0, 0.1) is 0 Å². The summed E-state index contributed by atoms with van der Waals surface area (Å²) in [5, 5.41) is 16.2. The van der Waals surface area contributed by atoms with Crippen LogP contribution in [-0.4, -0.2) is 50.1 Å². The number of rotatable bonds is 8. The molecule has 0 aliphatic heterocycles. The zero-order valence-electron chi connectivity index (χ0n) is 22.2. The Hall–Kier alpha value is -4.63. The van der Waals surface area contributed by atoms with Crippen LogP contribution in [-0.2, 0) is 0 Å². The van der Waals surface area contributed by atoms with E-state index in [-0.39, 0.29) is 17.7 Å². The van der Waals surface area contributed by atoms with Gasteiger partial charge >= 0.3 is 6.03 Å². The third-order valence-electron chi connectivity index (χ3n) is 5.83. The first-order chi connectivity index (χ1) is 18.7. The van der Waals surface area contributed by atoms with Gasteiger partial charge in [-0.1, -0.05) is 30.3 Å². The lowest BCUT2D eigenvalue weighted by atomic mass is 10.0. The van der Waals surface area contributed by atoms with Crippen LogP contribution in [0.4, 0.5) is 27.5 Å². The lowest BCUT2D eigenvalue weighted by Crippen LogP contribution is -2.21. The fourth-order valence-electron chi connectivity index (χ4n) is 3.80. The van der Waals surface area contributed by atoms with Gasteiger partial charge in [0.1, 0.15) is 5.75 Å². The van der Waals surface area contributed by atoms with Crippen molar-refractivity contribution < 1.29 is 14.7 Å². The number of benzene rings is 4. The van der Waals surface area contributed by atoms with Gasteiger partial charge in [0.15, 0.2) is 0 Å². The molecule has 0 atom stereocenters. The van der Waals surface area contributed by atoms with Crippen molar-refractivity contribution in [2.45, 2.75) is 4.90 Å². The molecule has 0 fully saturated rings. The second-order valence-corrected chi connectivity index (χ2v) is 10.1. The number of urea groups is 1. The normalized spacial score (nSPS) is 10.5. The first kappa shape index (κ1) is 27.4. The maximum absolute atomic E-state index is 12.6. The zero-order chi connectivity index (χ0) is 27.9. The predicted molar refractivity (Wildman–Crippen MR) is 161 cm³/mol. The summed E-state index contributed by atoms with van der Waals surface area (Å²) in [6.45, 7) is 0. The number of anilines is 4.